The Hall–Kier alpha value is -2.54. The van der Waals surface area contributed by atoms with Crippen molar-refractivity contribution < 1.29 is 13.2 Å². The van der Waals surface area contributed by atoms with Gasteiger partial charge < -0.3 is 4.90 Å². The number of carbonyl (C=O) groups is 1. The van der Waals surface area contributed by atoms with Gasteiger partial charge >= 0.3 is 0 Å². The summed E-state index contributed by atoms with van der Waals surface area (Å²) in [7, 11) is -0.558. The summed E-state index contributed by atoms with van der Waals surface area (Å²) in [5.74, 6) is -0.167. The Morgan fingerprint density at radius 3 is 1.83 bits per heavy atom. The highest BCUT2D eigenvalue weighted by atomic mass is 35.5. The Morgan fingerprint density at radius 1 is 0.800 bits per heavy atom. The number of hydrogen-bond donors (Lipinski definition) is 0. The van der Waals surface area contributed by atoms with Crippen molar-refractivity contribution >= 4 is 44.8 Å². The largest absolute Gasteiger partial charge is 0.337 e. The number of nitrogens with zero attached hydrogens (tertiary/aromatic N) is 2. The third-order valence-electron chi connectivity index (χ3n) is 4.63. The SMILES string of the molecule is CN(Cc1ccc(Cl)cc1)C(=O)c1ccc(N(C)S(=O)(=O)c2ccc(Cl)cc2)cc1. The van der Waals surface area contributed by atoms with Crippen molar-refractivity contribution in [3.63, 3.8) is 0 Å². The second kappa shape index (κ2) is 9.08. The van der Waals surface area contributed by atoms with Gasteiger partial charge in [0, 0.05) is 36.2 Å². The Morgan fingerprint density at radius 2 is 1.30 bits per heavy atom. The van der Waals surface area contributed by atoms with Crippen LogP contribution in [0, 0.1) is 0 Å². The van der Waals surface area contributed by atoms with Crippen molar-refractivity contribution in [2.75, 3.05) is 18.4 Å². The van der Waals surface area contributed by atoms with Crippen molar-refractivity contribution in [2.24, 2.45) is 0 Å². The molecule has 0 spiro atoms. The maximum Gasteiger partial charge on any atom is 0.264 e. The molecule has 8 heteroatoms. The smallest absolute Gasteiger partial charge is 0.264 e. The van der Waals surface area contributed by atoms with E-state index in [1.807, 2.05) is 12.1 Å². The molecule has 3 rings (SSSR count). The van der Waals surface area contributed by atoms with Crippen LogP contribution < -0.4 is 4.31 Å². The lowest BCUT2D eigenvalue weighted by molar-refractivity contribution is 0.0785. The summed E-state index contributed by atoms with van der Waals surface area (Å²) < 4.78 is 26.8. The number of carbonyl (C=O) groups excluding carboxylic acids is 1. The number of rotatable bonds is 6. The van der Waals surface area contributed by atoms with Gasteiger partial charge in [-0.2, -0.15) is 0 Å². The van der Waals surface area contributed by atoms with Crippen LogP contribution in [0.4, 0.5) is 5.69 Å². The van der Waals surface area contributed by atoms with Gasteiger partial charge in [0.1, 0.15) is 0 Å². The van der Waals surface area contributed by atoms with Crippen LogP contribution >= 0.6 is 23.2 Å². The fourth-order valence-electron chi connectivity index (χ4n) is 2.87. The van der Waals surface area contributed by atoms with Crippen LogP contribution in [-0.4, -0.2) is 33.3 Å². The first kappa shape index (κ1) is 22.2. The minimum atomic E-state index is -3.73. The van der Waals surface area contributed by atoms with E-state index < -0.39 is 10.0 Å². The molecule has 0 aromatic heterocycles. The second-order valence-electron chi connectivity index (χ2n) is 6.76. The van der Waals surface area contributed by atoms with Gasteiger partial charge in [0.2, 0.25) is 0 Å². The molecule has 5 nitrogen and oxygen atoms in total. The maximum absolute atomic E-state index is 12.8. The molecule has 0 atom stereocenters. The molecule has 156 valence electrons. The fourth-order valence-corrected chi connectivity index (χ4v) is 4.32. The molecule has 0 saturated carbocycles. The monoisotopic (exact) mass is 462 g/mol. The Kier molecular flexibility index (Phi) is 6.71. The number of anilines is 1. The van der Waals surface area contributed by atoms with Crippen LogP contribution in [0.15, 0.2) is 77.7 Å². The summed E-state index contributed by atoms with van der Waals surface area (Å²) in [4.78, 5) is 14.4. The molecule has 1 amide bonds. The Balaban J connectivity index is 1.74. The topological polar surface area (TPSA) is 57.7 Å². The molecule has 0 saturated heterocycles. The van der Waals surface area contributed by atoms with E-state index in [9.17, 15) is 13.2 Å². The first-order valence-electron chi connectivity index (χ1n) is 9.03. The highest BCUT2D eigenvalue weighted by Gasteiger charge is 2.21. The molecule has 3 aromatic carbocycles. The van der Waals surface area contributed by atoms with E-state index in [1.54, 1.807) is 48.3 Å². The Labute approximate surface area is 186 Å². The summed E-state index contributed by atoms with van der Waals surface area (Å²) in [5.41, 5.74) is 1.87. The lowest BCUT2D eigenvalue weighted by Gasteiger charge is -2.21. The van der Waals surface area contributed by atoms with Crippen molar-refractivity contribution in [1.29, 1.82) is 0 Å². The Bertz CT molecular complexity index is 1130. The van der Waals surface area contributed by atoms with E-state index in [0.29, 0.717) is 27.8 Å². The predicted octanol–water partition coefficient (Wildman–Crippen LogP) is 5.09. The number of sulfonamides is 1. The first-order chi connectivity index (χ1) is 14.2. The van der Waals surface area contributed by atoms with Crippen molar-refractivity contribution in [2.45, 2.75) is 11.4 Å². The molecule has 0 unspecified atom stereocenters. The van der Waals surface area contributed by atoms with Gasteiger partial charge in [-0.05, 0) is 66.2 Å². The van der Waals surface area contributed by atoms with Crippen LogP contribution in [-0.2, 0) is 16.6 Å². The molecule has 0 bridgehead atoms. The van der Waals surface area contributed by atoms with Gasteiger partial charge in [0.05, 0.1) is 10.6 Å². The fraction of sp³-hybridized carbons (Fsp3) is 0.136. The van der Waals surface area contributed by atoms with Gasteiger partial charge in [-0.15, -0.1) is 0 Å². The van der Waals surface area contributed by atoms with Crippen LogP contribution in [0.3, 0.4) is 0 Å². The summed E-state index contributed by atoms with van der Waals surface area (Å²) in [5, 5.41) is 1.10. The third kappa shape index (κ3) is 4.95. The molecule has 3 aromatic rings. The van der Waals surface area contributed by atoms with E-state index in [2.05, 4.69) is 0 Å². The third-order valence-corrected chi connectivity index (χ3v) is 6.93. The summed E-state index contributed by atoms with van der Waals surface area (Å²) >= 11 is 11.7. The molecule has 30 heavy (non-hydrogen) atoms. The predicted molar refractivity (Wildman–Crippen MR) is 121 cm³/mol. The van der Waals surface area contributed by atoms with E-state index in [0.717, 1.165) is 5.56 Å². The van der Waals surface area contributed by atoms with Crippen molar-refractivity contribution in [3.8, 4) is 0 Å². The number of amides is 1. The van der Waals surface area contributed by atoms with Crippen molar-refractivity contribution in [3.05, 3.63) is 94.0 Å². The minimum absolute atomic E-state index is 0.136. The zero-order chi connectivity index (χ0) is 21.9. The molecule has 0 N–H and O–H groups in total. The van der Waals surface area contributed by atoms with Crippen LogP contribution in [0.1, 0.15) is 15.9 Å². The summed E-state index contributed by atoms with van der Waals surface area (Å²) in [6, 6.07) is 19.7. The lowest BCUT2D eigenvalue weighted by atomic mass is 10.1. The molecule has 0 fully saturated rings. The minimum Gasteiger partial charge on any atom is -0.337 e. The van der Waals surface area contributed by atoms with Crippen LogP contribution in [0.5, 0.6) is 0 Å². The number of benzene rings is 3. The van der Waals surface area contributed by atoms with E-state index in [-0.39, 0.29) is 10.8 Å². The van der Waals surface area contributed by atoms with Gasteiger partial charge in [0.25, 0.3) is 15.9 Å². The second-order valence-corrected chi connectivity index (χ2v) is 9.60. The zero-order valence-corrected chi connectivity index (χ0v) is 18.7. The average molecular weight is 463 g/mol. The average Bonchev–Trinajstić information content (AvgIpc) is 2.74. The van der Waals surface area contributed by atoms with Gasteiger partial charge in [-0.25, -0.2) is 8.42 Å². The summed E-state index contributed by atoms with van der Waals surface area (Å²) in [6.45, 7) is 0.433. The number of hydrogen-bond acceptors (Lipinski definition) is 3. The van der Waals surface area contributed by atoms with E-state index >= 15 is 0 Å². The van der Waals surface area contributed by atoms with Gasteiger partial charge in [0.15, 0.2) is 0 Å². The molecular formula is C22H20Cl2N2O3S. The molecule has 0 heterocycles. The van der Waals surface area contributed by atoms with E-state index in [4.69, 9.17) is 23.2 Å². The molecular weight excluding hydrogens is 443 g/mol. The lowest BCUT2D eigenvalue weighted by Crippen LogP contribution is -2.27. The van der Waals surface area contributed by atoms with Crippen LogP contribution in [0.2, 0.25) is 10.0 Å². The highest BCUT2D eigenvalue weighted by Crippen LogP contribution is 2.24. The molecule has 0 aliphatic carbocycles. The normalized spacial score (nSPS) is 11.2. The quantitative estimate of drug-likeness (QED) is 0.512. The first-order valence-corrected chi connectivity index (χ1v) is 11.2. The molecule has 0 aliphatic heterocycles. The standard InChI is InChI=1S/C22H20Cl2N2O3S/c1-25(15-16-3-7-18(23)8-4-16)22(27)17-5-11-20(12-6-17)26(2)30(28,29)21-13-9-19(24)10-14-21/h3-14H,15H2,1-2H3. The molecule has 0 aliphatic rings. The van der Waals surface area contributed by atoms with Gasteiger partial charge in [-0.3, -0.25) is 9.10 Å². The number of halogens is 2. The van der Waals surface area contributed by atoms with E-state index in [1.165, 1.54) is 35.6 Å². The summed E-state index contributed by atoms with van der Waals surface area (Å²) in [6.07, 6.45) is 0. The van der Waals surface area contributed by atoms with Crippen LogP contribution in [0.25, 0.3) is 0 Å². The highest BCUT2D eigenvalue weighted by molar-refractivity contribution is 7.92. The maximum atomic E-state index is 12.8. The van der Waals surface area contributed by atoms with Gasteiger partial charge in [-0.1, -0.05) is 35.3 Å². The van der Waals surface area contributed by atoms with Crippen molar-refractivity contribution in [1.82, 2.24) is 4.90 Å². The molecule has 0 radical (unpaired) electrons. The zero-order valence-electron chi connectivity index (χ0n) is 16.4.